The first-order chi connectivity index (χ1) is 21.6. The maximum atomic E-state index is 14.3. The zero-order chi connectivity index (χ0) is 32.3. The highest BCUT2D eigenvalue weighted by Gasteiger charge is 2.37. The lowest BCUT2D eigenvalue weighted by molar-refractivity contribution is -0.135. The van der Waals surface area contributed by atoms with Crippen molar-refractivity contribution in [2.75, 3.05) is 6.54 Å². The lowest BCUT2D eigenvalue weighted by Crippen LogP contribution is -2.57. The van der Waals surface area contributed by atoms with Crippen molar-refractivity contribution in [2.45, 2.75) is 82.7 Å². The van der Waals surface area contributed by atoms with E-state index in [0.29, 0.717) is 24.9 Å². The van der Waals surface area contributed by atoms with Crippen LogP contribution in [0.2, 0.25) is 0 Å². The first kappa shape index (κ1) is 33.5. The number of aryl methyl sites for hydroxylation is 1. The number of benzene rings is 2. The summed E-state index contributed by atoms with van der Waals surface area (Å²) in [4.78, 5) is 44.4. The summed E-state index contributed by atoms with van der Waals surface area (Å²) in [7, 11) is 0. The topological polar surface area (TPSA) is 216 Å². The SMILES string of the molecule is N=C(N)c1ccc(CC(C(=O)N[C@H](C(=O)N[C@@H](CCCN=C(N)N)C(N)=O)C2CCCCC2)C2CCc3ccccc3C2)cc1. The lowest BCUT2D eigenvalue weighted by Gasteiger charge is -2.35. The minimum absolute atomic E-state index is 0.00781. The predicted octanol–water partition coefficient (Wildman–Crippen LogP) is 2.02. The first-order valence-corrected chi connectivity index (χ1v) is 16.1. The highest BCUT2D eigenvalue weighted by molar-refractivity contribution is 5.95. The Hall–Kier alpha value is -4.41. The van der Waals surface area contributed by atoms with Gasteiger partial charge >= 0.3 is 0 Å². The third kappa shape index (κ3) is 9.54. The van der Waals surface area contributed by atoms with Crippen molar-refractivity contribution in [3.8, 4) is 0 Å². The number of nitrogens with one attached hydrogen (secondary N) is 3. The molecule has 1 fully saturated rings. The Morgan fingerprint density at radius 1 is 0.844 bits per heavy atom. The summed E-state index contributed by atoms with van der Waals surface area (Å²) in [6.45, 7) is 0.310. The summed E-state index contributed by atoms with van der Waals surface area (Å²) in [5.41, 5.74) is 26.3. The van der Waals surface area contributed by atoms with Crippen LogP contribution in [0.5, 0.6) is 0 Å². The van der Waals surface area contributed by atoms with Gasteiger partial charge in [0.25, 0.3) is 0 Å². The molecule has 2 aliphatic carbocycles. The maximum Gasteiger partial charge on any atom is 0.243 e. The Morgan fingerprint density at radius 2 is 1.53 bits per heavy atom. The van der Waals surface area contributed by atoms with Gasteiger partial charge in [0.05, 0.1) is 0 Å². The third-order valence-electron chi connectivity index (χ3n) is 9.32. The highest BCUT2D eigenvalue weighted by Crippen LogP contribution is 2.33. The van der Waals surface area contributed by atoms with Crippen LogP contribution in [0.15, 0.2) is 53.5 Å². The molecular weight excluding hydrogens is 568 g/mol. The second kappa shape index (κ2) is 16.1. The summed E-state index contributed by atoms with van der Waals surface area (Å²) in [6.07, 6.45) is 8.44. The van der Waals surface area contributed by atoms with Crippen molar-refractivity contribution in [3.05, 3.63) is 70.8 Å². The van der Waals surface area contributed by atoms with Crippen LogP contribution in [0.3, 0.4) is 0 Å². The number of nitrogen functional groups attached to an aromatic ring is 1. The zero-order valence-corrected chi connectivity index (χ0v) is 26.0. The molecule has 45 heavy (non-hydrogen) atoms. The number of carbonyl (C=O) groups excluding carboxylic acids is 3. The van der Waals surface area contributed by atoms with Crippen molar-refractivity contribution in [2.24, 2.45) is 45.7 Å². The average molecular weight is 617 g/mol. The van der Waals surface area contributed by atoms with E-state index in [4.69, 9.17) is 28.3 Å². The fraction of sp³-hybridized carbons (Fsp3) is 0.500. The number of nitrogens with zero attached hydrogens (tertiary/aromatic N) is 1. The van der Waals surface area contributed by atoms with Gasteiger partial charge in [-0.25, -0.2) is 0 Å². The van der Waals surface area contributed by atoms with Crippen LogP contribution in [0, 0.1) is 23.2 Å². The lowest BCUT2D eigenvalue weighted by atomic mass is 9.74. The Kier molecular flexibility index (Phi) is 11.9. The van der Waals surface area contributed by atoms with Gasteiger partial charge in [0.15, 0.2) is 5.96 Å². The van der Waals surface area contributed by atoms with Crippen LogP contribution in [0.4, 0.5) is 0 Å². The van der Waals surface area contributed by atoms with Gasteiger partial charge in [0.1, 0.15) is 17.9 Å². The number of nitrogens with two attached hydrogens (primary N) is 4. The number of hydrogen-bond donors (Lipinski definition) is 7. The summed E-state index contributed by atoms with van der Waals surface area (Å²) in [6, 6.07) is 14.1. The summed E-state index contributed by atoms with van der Waals surface area (Å²) < 4.78 is 0. The van der Waals surface area contributed by atoms with Crippen molar-refractivity contribution in [3.63, 3.8) is 0 Å². The molecule has 3 amide bonds. The van der Waals surface area contributed by atoms with Gasteiger partial charge in [-0.05, 0) is 79.9 Å². The molecule has 0 aliphatic heterocycles. The normalized spacial score (nSPS) is 18.4. The molecule has 242 valence electrons. The van der Waals surface area contributed by atoms with E-state index in [1.54, 1.807) is 12.1 Å². The van der Waals surface area contributed by atoms with Gasteiger partial charge in [-0.3, -0.25) is 24.8 Å². The molecule has 0 spiro atoms. The monoisotopic (exact) mass is 616 g/mol. The second-order valence-corrected chi connectivity index (χ2v) is 12.5. The van der Waals surface area contributed by atoms with E-state index in [-0.39, 0.29) is 47.8 Å². The van der Waals surface area contributed by atoms with Crippen LogP contribution < -0.4 is 33.6 Å². The first-order valence-electron chi connectivity index (χ1n) is 16.1. The Labute approximate surface area is 265 Å². The van der Waals surface area contributed by atoms with Crippen LogP contribution in [-0.4, -0.2) is 48.1 Å². The molecule has 4 atom stereocenters. The number of carbonyl (C=O) groups is 3. The molecular formula is C34H48N8O3. The van der Waals surface area contributed by atoms with E-state index in [2.05, 4.69) is 27.8 Å². The summed E-state index contributed by atoms with van der Waals surface area (Å²) >= 11 is 0. The molecule has 0 saturated heterocycles. The zero-order valence-electron chi connectivity index (χ0n) is 26.0. The second-order valence-electron chi connectivity index (χ2n) is 12.5. The molecule has 2 aliphatic rings. The smallest absolute Gasteiger partial charge is 0.243 e. The minimum atomic E-state index is -0.903. The summed E-state index contributed by atoms with van der Waals surface area (Å²) in [5, 5.41) is 13.7. The fourth-order valence-corrected chi connectivity index (χ4v) is 6.79. The van der Waals surface area contributed by atoms with Crippen LogP contribution in [0.25, 0.3) is 0 Å². The molecule has 4 rings (SSSR count). The molecule has 11 nitrogen and oxygen atoms in total. The van der Waals surface area contributed by atoms with Crippen LogP contribution >= 0.6 is 0 Å². The molecule has 0 heterocycles. The van der Waals surface area contributed by atoms with Crippen LogP contribution in [-0.2, 0) is 33.6 Å². The molecule has 0 bridgehead atoms. The Morgan fingerprint density at radius 3 is 2.18 bits per heavy atom. The van der Waals surface area contributed by atoms with Crippen molar-refractivity contribution >= 4 is 29.5 Å². The molecule has 2 aromatic rings. The summed E-state index contributed by atoms with van der Waals surface area (Å²) in [5.74, 6) is -1.59. The molecule has 11 N–H and O–H groups in total. The quantitative estimate of drug-likeness (QED) is 0.0956. The fourth-order valence-electron chi connectivity index (χ4n) is 6.79. The number of hydrogen-bond acceptors (Lipinski definition) is 5. The number of rotatable bonds is 14. The minimum Gasteiger partial charge on any atom is -0.384 e. The average Bonchev–Trinajstić information content (AvgIpc) is 3.03. The maximum absolute atomic E-state index is 14.3. The van der Waals surface area contributed by atoms with E-state index < -0.39 is 18.0 Å². The van der Waals surface area contributed by atoms with Gasteiger partial charge in [0, 0.05) is 18.0 Å². The van der Waals surface area contributed by atoms with Gasteiger partial charge in [-0.2, -0.15) is 0 Å². The third-order valence-corrected chi connectivity index (χ3v) is 9.32. The van der Waals surface area contributed by atoms with Crippen LogP contribution in [0.1, 0.15) is 73.6 Å². The molecule has 0 aromatic heterocycles. The van der Waals surface area contributed by atoms with Gasteiger partial charge in [-0.15, -0.1) is 0 Å². The number of aliphatic imine (C=N–C) groups is 1. The van der Waals surface area contributed by atoms with Crippen molar-refractivity contribution in [1.82, 2.24) is 10.6 Å². The van der Waals surface area contributed by atoms with Gasteiger partial charge in [-0.1, -0.05) is 67.8 Å². The predicted molar refractivity (Wildman–Crippen MR) is 176 cm³/mol. The molecule has 2 aromatic carbocycles. The molecule has 11 heteroatoms. The van der Waals surface area contributed by atoms with E-state index >= 15 is 0 Å². The number of primary amides is 1. The van der Waals surface area contributed by atoms with Gasteiger partial charge in [0.2, 0.25) is 17.7 Å². The number of amidine groups is 1. The Bertz CT molecular complexity index is 1370. The van der Waals surface area contributed by atoms with E-state index in [9.17, 15) is 14.4 Å². The van der Waals surface area contributed by atoms with E-state index in [1.165, 1.54) is 11.1 Å². The van der Waals surface area contributed by atoms with E-state index in [0.717, 1.165) is 56.9 Å². The number of guanidine groups is 1. The molecule has 0 radical (unpaired) electrons. The number of fused-ring (bicyclic) bond motifs is 1. The number of amides is 3. The standard InChI is InChI=1S/C34H48N8O3/c35-30(36)24-14-12-21(13-15-24)19-27(26-17-16-22-7-4-5-10-25(22)20-26)32(44)42-29(23-8-2-1-3-9-23)33(45)41-28(31(37)43)11-6-18-40-34(38)39/h4-5,7,10,12-15,23,26-29H,1-3,6,8-9,11,16-20H2,(H3,35,36)(H2,37,43)(H,41,45)(H,42,44)(H4,38,39,40)/t26?,27?,28-,29-/m0/s1. The Balaban J connectivity index is 1.56. The molecule has 1 saturated carbocycles. The molecule has 2 unspecified atom stereocenters. The van der Waals surface area contributed by atoms with E-state index in [1.807, 2.05) is 24.3 Å². The van der Waals surface area contributed by atoms with Crippen molar-refractivity contribution < 1.29 is 14.4 Å². The highest BCUT2D eigenvalue weighted by atomic mass is 16.2. The largest absolute Gasteiger partial charge is 0.384 e. The van der Waals surface area contributed by atoms with Gasteiger partial charge < -0.3 is 33.6 Å². The van der Waals surface area contributed by atoms with Crippen molar-refractivity contribution in [1.29, 1.82) is 5.41 Å².